The van der Waals surface area contributed by atoms with E-state index in [1.807, 2.05) is 18.5 Å². The van der Waals surface area contributed by atoms with E-state index in [1.165, 1.54) is 25.9 Å². The summed E-state index contributed by atoms with van der Waals surface area (Å²) in [5.41, 5.74) is 4.14. The van der Waals surface area contributed by atoms with E-state index in [9.17, 15) is 10.1 Å². The van der Waals surface area contributed by atoms with Crippen molar-refractivity contribution in [2.45, 2.75) is 38.6 Å². The summed E-state index contributed by atoms with van der Waals surface area (Å²) in [4.78, 5) is 12.7. The molecule has 2 fully saturated rings. The highest BCUT2D eigenvalue weighted by atomic mass is 16.5. The van der Waals surface area contributed by atoms with Crippen molar-refractivity contribution in [2.24, 2.45) is 0 Å². The Morgan fingerprint density at radius 2 is 1.97 bits per heavy atom. The summed E-state index contributed by atoms with van der Waals surface area (Å²) >= 11 is 0. The van der Waals surface area contributed by atoms with Gasteiger partial charge in [0.2, 0.25) is 6.41 Å². The number of carbonyl (C=O) groups excluding carboxylic acids is 1. The van der Waals surface area contributed by atoms with Crippen LogP contribution in [0.3, 0.4) is 0 Å². The number of methoxy groups -OCH3 is 1. The first-order valence-electron chi connectivity index (χ1n) is 11.1. The first-order chi connectivity index (χ1) is 15.7. The lowest BCUT2D eigenvalue weighted by Gasteiger charge is -2.30. The molecular formula is C23H29N7O2. The van der Waals surface area contributed by atoms with Crippen LogP contribution in [0.2, 0.25) is 0 Å². The average Bonchev–Trinajstić information content (AvgIpc) is 3.60. The van der Waals surface area contributed by atoms with Crippen LogP contribution in [-0.4, -0.2) is 64.0 Å². The number of fused-ring (bicyclic) bond motifs is 1. The number of amides is 1. The standard InChI is InChI=1S/C19H20N6O2.C4H9N/c1-13-17(10-22-25(13)16-3-5-23(12-26)6-4-16)14-7-18(27-2)19-15(8-20)9-21-24(19)11-14;1-2-4-5-3-1/h7,9-12,16H,3-6H2,1-2H3;5H,1-4H2. The Hall–Kier alpha value is -3.38. The van der Waals surface area contributed by atoms with Gasteiger partial charge in [-0.1, -0.05) is 0 Å². The van der Waals surface area contributed by atoms with Crippen LogP contribution in [0.1, 0.15) is 43.0 Å². The number of hydrogen-bond acceptors (Lipinski definition) is 6. The first-order valence-corrected chi connectivity index (χ1v) is 11.1. The van der Waals surface area contributed by atoms with Crippen molar-refractivity contribution >= 4 is 11.9 Å². The number of aromatic nitrogens is 4. The van der Waals surface area contributed by atoms with Gasteiger partial charge in [0.1, 0.15) is 22.9 Å². The molecule has 0 aromatic carbocycles. The average molecular weight is 436 g/mol. The minimum absolute atomic E-state index is 0.287. The second kappa shape index (κ2) is 9.83. The molecule has 5 heterocycles. The number of ether oxygens (including phenoxy) is 1. The third-order valence-electron chi connectivity index (χ3n) is 6.22. The SMILES string of the molecule is C1CCNC1.COc1cc(-c2cnn(C3CCN(C=O)CC3)c2C)cn2ncc(C#N)c12. The van der Waals surface area contributed by atoms with Crippen LogP contribution < -0.4 is 10.1 Å². The summed E-state index contributed by atoms with van der Waals surface area (Å²) in [7, 11) is 1.59. The van der Waals surface area contributed by atoms with Crippen LogP contribution in [0.4, 0.5) is 0 Å². The minimum atomic E-state index is 0.287. The normalized spacial score (nSPS) is 16.5. The fourth-order valence-electron chi connectivity index (χ4n) is 4.40. The Morgan fingerprint density at radius 3 is 2.56 bits per heavy atom. The van der Waals surface area contributed by atoms with E-state index in [0.717, 1.165) is 49.2 Å². The molecule has 0 saturated carbocycles. The van der Waals surface area contributed by atoms with Gasteiger partial charge in [0, 0.05) is 36.1 Å². The van der Waals surface area contributed by atoms with Gasteiger partial charge in [0.15, 0.2) is 0 Å². The monoisotopic (exact) mass is 435 g/mol. The van der Waals surface area contributed by atoms with E-state index in [1.54, 1.807) is 22.7 Å². The van der Waals surface area contributed by atoms with Gasteiger partial charge in [-0.2, -0.15) is 15.5 Å². The summed E-state index contributed by atoms with van der Waals surface area (Å²) in [6, 6.07) is 4.35. The maximum absolute atomic E-state index is 10.9. The number of nitrogens with one attached hydrogen (secondary N) is 1. The fourth-order valence-corrected chi connectivity index (χ4v) is 4.40. The fraction of sp³-hybridized carbons (Fsp3) is 0.478. The summed E-state index contributed by atoms with van der Waals surface area (Å²) in [5.74, 6) is 0.605. The van der Waals surface area contributed by atoms with Gasteiger partial charge in [-0.15, -0.1) is 0 Å². The maximum Gasteiger partial charge on any atom is 0.209 e. The molecule has 0 aliphatic carbocycles. The molecule has 0 unspecified atom stereocenters. The van der Waals surface area contributed by atoms with Crippen LogP contribution >= 0.6 is 0 Å². The number of nitriles is 1. The maximum atomic E-state index is 10.9. The van der Waals surface area contributed by atoms with Gasteiger partial charge in [-0.25, -0.2) is 4.52 Å². The van der Waals surface area contributed by atoms with Crippen molar-refractivity contribution in [3.05, 3.63) is 35.9 Å². The Labute approximate surface area is 187 Å². The van der Waals surface area contributed by atoms with E-state index in [0.29, 0.717) is 16.8 Å². The topological polar surface area (TPSA) is 100 Å². The van der Waals surface area contributed by atoms with Crippen LogP contribution in [-0.2, 0) is 4.79 Å². The van der Waals surface area contributed by atoms with Crippen LogP contribution in [0.15, 0.2) is 24.7 Å². The third-order valence-corrected chi connectivity index (χ3v) is 6.22. The van der Waals surface area contributed by atoms with Crippen molar-refractivity contribution in [1.82, 2.24) is 29.6 Å². The van der Waals surface area contributed by atoms with E-state index in [-0.39, 0.29) is 6.04 Å². The zero-order valence-electron chi connectivity index (χ0n) is 18.6. The van der Waals surface area contributed by atoms with E-state index < -0.39 is 0 Å². The molecule has 1 amide bonds. The highest BCUT2D eigenvalue weighted by Gasteiger charge is 2.23. The number of rotatable bonds is 4. The van der Waals surface area contributed by atoms with Gasteiger partial charge in [0.25, 0.3) is 0 Å². The molecule has 9 heteroatoms. The number of likely N-dealkylation sites (tertiary alicyclic amines) is 1. The molecule has 2 aliphatic heterocycles. The molecule has 2 aliphatic rings. The second-order valence-electron chi connectivity index (χ2n) is 8.18. The lowest BCUT2D eigenvalue weighted by atomic mass is 10.0. The van der Waals surface area contributed by atoms with Gasteiger partial charge in [-0.3, -0.25) is 9.48 Å². The van der Waals surface area contributed by atoms with E-state index in [4.69, 9.17) is 4.74 Å². The van der Waals surface area contributed by atoms with E-state index >= 15 is 0 Å². The molecule has 3 aromatic rings. The summed E-state index contributed by atoms with van der Waals surface area (Å²) in [6.45, 7) is 6.06. The number of pyridine rings is 1. The van der Waals surface area contributed by atoms with Crippen molar-refractivity contribution in [2.75, 3.05) is 33.3 Å². The van der Waals surface area contributed by atoms with Gasteiger partial charge in [0.05, 0.1) is 25.5 Å². The minimum Gasteiger partial charge on any atom is -0.494 e. The molecule has 0 spiro atoms. The smallest absolute Gasteiger partial charge is 0.209 e. The number of hydrogen-bond donors (Lipinski definition) is 1. The first kappa shape index (κ1) is 21.8. The van der Waals surface area contributed by atoms with Crippen LogP contribution in [0.5, 0.6) is 5.75 Å². The highest BCUT2D eigenvalue weighted by molar-refractivity contribution is 5.75. The molecule has 0 bridgehead atoms. The summed E-state index contributed by atoms with van der Waals surface area (Å²) in [5, 5.41) is 21.4. The zero-order chi connectivity index (χ0) is 22.5. The molecule has 5 rings (SSSR count). The Morgan fingerprint density at radius 1 is 1.22 bits per heavy atom. The highest BCUT2D eigenvalue weighted by Crippen LogP contribution is 2.33. The van der Waals surface area contributed by atoms with Crippen molar-refractivity contribution in [1.29, 1.82) is 5.26 Å². The second-order valence-corrected chi connectivity index (χ2v) is 8.18. The molecule has 2 saturated heterocycles. The van der Waals surface area contributed by atoms with Gasteiger partial charge < -0.3 is 15.0 Å². The van der Waals surface area contributed by atoms with Crippen LogP contribution in [0, 0.1) is 18.3 Å². The largest absolute Gasteiger partial charge is 0.494 e. The number of carbonyl (C=O) groups is 1. The quantitative estimate of drug-likeness (QED) is 0.632. The van der Waals surface area contributed by atoms with E-state index in [2.05, 4.69) is 33.2 Å². The molecule has 9 nitrogen and oxygen atoms in total. The van der Waals surface area contributed by atoms with Gasteiger partial charge in [-0.05, 0) is 51.8 Å². The molecule has 0 atom stereocenters. The summed E-state index contributed by atoms with van der Waals surface area (Å²) in [6.07, 6.45) is 10.8. The molecule has 0 radical (unpaired) electrons. The van der Waals surface area contributed by atoms with Crippen molar-refractivity contribution < 1.29 is 9.53 Å². The Kier molecular flexibility index (Phi) is 6.71. The molecular weight excluding hydrogens is 406 g/mol. The lowest BCUT2D eigenvalue weighted by Crippen LogP contribution is -2.34. The van der Waals surface area contributed by atoms with Crippen molar-refractivity contribution in [3.63, 3.8) is 0 Å². The zero-order valence-corrected chi connectivity index (χ0v) is 18.6. The number of piperidine rings is 1. The van der Waals surface area contributed by atoms with Gasteiger partial charge >= 0.3 is 0 Å². The van der Waals surface area contributed by atoms with Crippen molar-refractivity contribution in [3.8, 4) is 22.9 Å². The summed E-state index contributed by atoms with van der Waals surface area (Å²) < 4.78 is 9.23. The Bertz CT molecular complexity index is 1110. The Balaban J connectivity index is 0.000000433. The molecule has 3 aromatic heterocycles. The number of nitrogens with zero attached hydrogens (tertiary/aromatic N) is 6. The molecule has 32 heavy (non-hydrogen) atoms. The molecule has 168 valence electrons. The molecule has 1 N–H and O–H groups in total. The lowest BCUT2D eigenvalue weighted by molar-refractivity contribution is -0.119. The predicted octanol–water partition coefficient (Wildman–Crippen LogP) is 2.55. The predicted molar refractivity (Wildman–Crippen MR) is 120 cm³/mol. The van der Waals surface area contributed by atoms with Crippen LogP contribution in [0.25, 0.3) is 16.6 Å². The third kappa shape index (κ3) is 4.32.